The van der Waals surface area contributed by atoms with Gasteiger partial charge in [-0.2, -0.15) is 5.10 Å². The Morgan fingerprint density at radius 2 is 2.10 bits per heavy atom. The molecule has 1 aliphatic heterocycles. The molecule has 0 spiro atoms. The lowest BCUT2D eigenvalue weighted by atomic mass is 10.2. The molecule has 0 aliphatic carbocycles. The molecule has 1 aromatic heterocycles. The van der Waals surface area contributed by atoms with E-state index in [1.54, 1.807) is 0 Å². The van der Waals surface area contributed by atoms with Crippen LogP contribution in [0.25, 0.3) is 0 Å². The number of amides is 1. The average molecular weight is 279 g/mol. The van der Waals surface area contributed by atoms with E-state index in [9.17, 15) is 4.79 Å². The molecule has 0 saturated carbocycles. The number of carbonyl (C=O) groups is 1. The predicted molar refractivity (Wildman–Crippen MR) is 78.5 cm³/mol. The maximum Gasteiger partial charge on any atom is 0.237 e. The van der Waals surface area contributed by atoms with Gasteiger partial charge in [-0.15, -0.1) is 0 Å². The number of aryl methyl sites for hydroxylation is 1. The summed E-state index contributed by atoms with van der Waals surface area (Å²) in [6.45, 7) is 9.32. The molecule has 0 unspecified atom stereocenters. The van der Waals surface area contributed by atoms with Gasteiger partial charge in [0.1, 0.15) is 0 Å². The zero-order valence-electron chi connectivity index (χ0n) is 12.7. The third-order valence-corrected chi connectivity index (χ3v) is 3.87. The molecular weight excluding hydrogens is 254 g/mol. The second-order valence-corrected chi connectivity index (χ2v) is 5.59. The van der Waals surface area contributed by atoms with Crippen LogP contribution >= 0.6 is 0 Å². The summed E-state index contributed by atoms with van der Waals surface area (Å²) in [6.07, 6.45) is 3.81. The number of likely N-dealkylation sites (N-methyl/N-ethyl adjacent to an activating group) is 1. The maximum atomic E-state index is 12.1. The molecule has 20 heavy (non-hydrogen) atoms. The molecule has 1 saturated heterocycles. The Morgan fingerprint density at radius 3 is 2.70 bits per heavy atom. The van der Waals surface area contributed by atoms with Crippen molar-refractivity contribution in [2.24, 2.45) is 0 Å². The summed E-state index contributed by atoms with van der Waals surface area (Å²) in [5.74, 6) is 0.110. The summed E-state index contributed by atoms with van der Waals surface area (Å²) in [4.78, 5) is 16.7. The number of rotatable bonds is 5. The third kappa shape index (κ3) is 4.05. The smallest absolute Gasteiger partial charge is 0.237 e. The van der Waals surface area contributed by atoms with E-state index in [1.165, 1.54) is 0 Å². The topological polar surface area (TPSA) is 53.4 Å². The van der Waals surface area contributed by atoms with E-state index in [0.29, 0.717) is 6.54 Å². The van der Waals surface area contributed by atoms with Crippen molar-refractivity contribution in [3.05, 3.63) is 18.0 Å². The predicted octanol–water partition coefficient (Wildman–Crippen LogP) is -0.0564. The fraction of sp³-hybridized carbons (Fsp3) is 0.714. The van der Waals surface area contributed by atoms with Crippen LogP contribution in [0.1, 0.15) is 12.5 Å². The van der Waals surface area contributed by atoms with Crippen molar-refractivity contribution in [1.82, 2.24) is 24.9 Å². The Bertz CT molecular complexity index is 437. The quantitative estimate of drug-likeness (QED) is 0.821. The van der Waals surface area contributed by atoms with Crippen molar-refractivity contribution in [1.29, 1.82) is 0 Å². The molecule has 0 aromatic carbocycles. The maximum absolute atomic E-state index is 12.1. The minimum Gasteiger partial charge on any atom is -0.353 e. The van der Waals surface area contributed by atoms with Gasteiger partial charge in [-0.05, 0) is 26.5 Å². The SMILES string of the molecule is Cc1cnn(CCNC(=O)[C@@H](C)N2CCN(C)CC2)c1. The van der Waals surface area contributed by atoms with Gasteiger partial charge >= 0.3 is 0 Å². The first-order valence-electron chi connectivity index (χ1n) is 7.25. The van der Waals surface area contributed by atoms with Crippen LogP contribution in [-0.2, 0) is 11.3 Å². The van der Waals surface area contributed by atoms with Crippen molar-refractivity contribution >= 4 is 5.91 Å². The summed E-state index contributed by atoms with van der Waals surface area (Å²) in [6, 6.07) is -0.0527. The van der Waals surface area contributed by atoms with Crippen molar-refractivity contribution in [2.45, 2.75) is 26.4 Å². The van der Waals surface area contributed by atoms with E-state index in [1.807, 2.05) is 30.9 Å². The Balaban J connectivity index is 1.71. The van der Waals surface area contributed by atoms with E-state index < -0.39 is 0 Å². The molecular formula is C14H25N5O. The van der Waals surface area contributed by atoms with Gasteiger partial charge in [-0.3, -0.25) is 14.4 Å². The summed E-state index contributed by atoms with van der Waals surface area (Å²) in [5, 5.41) is 7.20. The highest BCUT2D eigenvalue weighted by molar-refractivity contribution is 5.81. The summed E-state index contributed by atoms with van der Waals surface area (Å²) in [5.41, 5.74) is 1.14. The second kappa shape index (κ2) is 6.85. The average Bonchev–Trinajstić information content (AvgIpc) is 2.84. The van der Waals surface area contributed by atoms with Crippen LogP contribution in [-0.4, -0.2) is 71.3 Å². The zero-order chi connectivity index (χ0) is 14.5. The molecule has 2 heterocycles. The van der Waals surface area contributed by atoms with E-state index in [4.69, 9.17) is 0 Å². The van der Waals surface area contributed by atoms with Crippen molar-refractivity contribution in [2.75, 3.05) is 39.8 Å². The Morgan fingerprint density at radius 1 is 1.40 bits per heavy atom. The van der Waals surface area contributed by atoms with Gasteiger partial charge < -0.3 is 10.2 Å². The summed E-state index contributed by atoms with van der Waals surface area (Å²) < 4.78 is 1.86. The van der Waals surface area contributed by atoms with Crippen LogP contribution in [0.4, 0.5) is 0 Å². The van der Waals surface area contributed by atoms with Crippen LogP contribution < -0.4 is 5.32 Å². The summed E-state index contributed by atoms with van der Waals surface area (Å²) in [7, 11) is 2.12. The normalized spacial score (nSPS) is 18.9. The number of hydrogen-bond donors (Lipinski definition) is 1. The van der Waals surface area contributed by atoms with Crippen LogP contribution in [0.15, 0.2) is 12.4 Å². The lowest BCUT2D eigenvalue weighted by Crippen LogP contribution is -2.53. The number of nitrogens with one attached hydrogen (secondary N) is 1. The van der Waals surface area contributed by atoms with Crippen molar-refractivity contribution in [3.63, 3.8) is 0 Å². The Kier molecular flexibility index (Phi) is 5.14. The first-order valence-corrected chi connectivity index (χ1v) is 7.25. The van der Waals surface area contributed by atoms with Crippen LogP contribution in [0.2, 0.25) is 0 Å². The largest absolute Gasteiger partial charge is 0.353 e. The number of piperazine rings is 1. The lowest BCUT2D eigenvalue weighted by molar-refractivity contribution is -0.126. The number of nitrogens with zero attached hydrogens (tertiary/aromatic N) is 4. The van der Waals surface area contributed by atoms with E-state index in [-0.39, 0.29) is 11.9 Å². The Labute approximate surface area is 120 Å². The molecule has 1 fully saturated rings. The minimum atomic E-state index is -0.0527. The first-order chi connectivity index (χ1) is 9.56. The molecule has 1 atom stereocenters. The third-order valence-electron chi connectivity index (χ3n) is 3.87. The zero-order valence-corrected chi connectivity index (χ0v) is 12.7. The molecule has 2 rings (SSSR count). The lowest BCUT2D eigenvalue weighted by Gasteiger charge is -2.35. The van der Waals surface area contributed by atoms with Gasteiger partial charge in [0.25, 0.3) is 0 Å². The molecule has 1 aliphatic rings. The molecule has 1 aromatic rings. The monoisotopic (exact) mass is 279 g/mol. The molecule has 1 amide bonds. The fourth-order valence-electron chi connectivity index (χ4n) is 2.41. The van der Waals surface area contributed by atoms with Crippen molar-refractivity contribution in [3.8, 4) is 0 Å². The Hall–Kier alpha value is -1.40. The van der Waals surface area contributed by atoms with Gasteiger partial charge in [-0.25, -0.2) is 0 Å². The van der Waals surface area contributed by atoms with E-state index in [0.717, 1.165) is 38.3 Å². The molecule has 1 N–H and O–H groups in total. The van der Waals surface area contributed by atoms with Gasteiger partial charge in [-0.1, -0.05) is 0 Å². The molecule has 0 radical (unpaired) electrons. The highest BCUT2D eigenvalue weighted by atomic mass is 16.2. The van der Waals surface area contributed by atoms with Crippen molar-refractivity contribution < 1.29 is 4.79 Å². The van der Waals surface area contributed by atoms with Crippen LogP contribution in [0.3, 0.4) is 0 Å². The number of aromatic nitrogens is 2. The standard InChI is InChI=1S/C14H25N5O/c1-12-10-16-19(11-12)5-4-15-14(20)13(2)18-8-6-17(3)7-9-18/h10-11,13H,4-9H2,1-3H3,(H,15,20)/t13-/m1/s1. The van der Waals surface area contributed by atoms with Crippen LogP contribution in [0.5, 0.6) is 0 Å². The first kappa shape index (κ1) is 15.0. The summed E-state index contributed by atoms with van der Waals surface area (Å²) >= 11 is 0. The highest BCUT2D eigenvalue weighted by Crippen LogP contribution is 2.04. The van der Waals surface area contributed by atoms with E-state index in [2.05, 4.69) is 27.3 Å². The van der Waals surface area contributed by atoms with Gasteiger partial charge in [0.05, 0.1) is 18.8 Å². The van der Waals surface area contributed by atoms with Crippen LogP contribution in [0, 0.1) is 6.92 Å². The number of carbonyl (C=O) groups excluding carboxylic acids is 1. The molecule has 6 heteroatoms. The molecule has 6 nitrogen and oxygen atoms in total. The minimum absolute atomic E-state index is 0.0527. The number of hydrogen-bond acceptors (Lipinski definition) is 4. The molecule has 0 bridgehead atoms. The van der Waals surface area contributed by atoms with Gasteiger partial charge in [0.15, 0.2) is 0 Å². The molecule has 112 valence electrons. The second-order valence-electron chi connectivity index (χ2n) is 5.59. The fourth-order valence-corrected chi connectivity index (χ4v) is 2.41. The van der Waals surface area contributed by atoms with Gasteiger partial charge in [0, 0.05) is 38.9 Å². The van der Waals surface area contributed by atoms with E-state index >= 15 is 0 Å². The highest BCUT2D eigenvalue weighted by Gasteiger charge is 2.23. The van der Waals surface area contributed by atoms with Gasteiger partial charge in [0.2, 0.25) is 5.91 Å².